The summed E-state index contributed by atoms with van der Waals surface area (Å²) in [6.07, 6.45) is 25.7. The summed E-state index contributed by atoms with van der Waals surface area (Å²) >= 11 is 0. The van der Waals surface area contributed by atoms with Crippen LogP contribution in [0.2, 0.25) is 0 Å². The van der Waals surface area contributed by atoms with Crippen molar-refractivity contribution >= 4 is 0 Å². The number of unbranched alkanes of at least 4 members (excludes halogenated alkanes) is 12. The topological polar surface area (TPSA) is 0 Å². The average molecular weight is 310 g/mol. The van der Waals surface area contributed by atoms with Gasteiger partial charge >= 0.3 is 0 Å². The summed E-state index contributed by atoms with van der Waals surface area (Å²) in [6.45, 7) is 8.67. The Morgan fingerprint density at radius 3 is 1.23 bits per heavy atom. The maximum absolute atomic E-state index is 4.08. The van der Waals surface area contributed by atoms with E-state index in [-0.39, 0.29) is 0 Å². The van der Waals surface area contributed by atoms with E-state index in [0.29, 0.717) is 0 Å². The Balaban J connectivity index is 3.40. The molecular formula is C22H45. The van der Waals surface area contributed by atoms with Crippen molar-refractivity contribution in [3.8, 4) is 0 Å². The lowest BCUT2D eigenvalue weighted by Crippen LogP contribution is -2.00. The maximum atomic E-state index is 4.08. The second kappa shape index (κ2) is 19.0. The third kappa shape index (κ3) is 16.4. The van der Waals surface area contributed by atoms with Gasteiger partial charge in [0, 0.05) is 0 Å². The summed E-state index contributed by atoms with van der Waals surface area (Å²) in [5.74, 6) is 0.976. The third-order valence-electron chi connectivity index (χ3n) is 5.04. The SMILES string of the molecule is [CH2]CCC(CCCCCCC)CCCCCCCCCCC. The van der Waals surface area contributed by atoms with Gasteiger partial charge in [-0.1, -0.05) is 136 Å². The van der Waals surface area contributed by atoms with Crippen LogP contribution in [0.15, 0.2) is 0 Å². The zero-order valence-electron chi connectivity index (χ0n) is 16.0. The molecule has 0 aliphatic rings. The Labute approximate surface area is 142 Å². The summed E-state index contributed by atoms with van der Waals surface area (Å²) in [6, 6.07) is 0. The minimum atomic E-state index is 0.976. The van der Waals surface area contributed by atoms with Crippen molar-refractivity contribution in [3.63, 3.8) is 0 Å². The quantitative estimate of drug-likeness (QED) is 0.223. The van der Waals surface area contributed by atoms with Crippen LogP contribution < -0.4 is 0 Å². The van der Waals surface area contributed by atoms with Crippen LogP contribution in [-0.2, 0) is 0 Å². The highest BCUT2D eigenvalue weighted by molar-refractivity contribution is 4.62. The van der Waals surface area contributed by atoms with Crippen LogP contribution in [0, 0.1) is 12.8 Å². The predicted molar refractivity (Wildman–Crippen MR) is 103 cm³/mol. The van der Waals surface area contributed by atoms with Gasteiger partial charge in [0.1, 0.15) is 0 Å². The van der Waals surface area contributed by atoms with Crippen molar-refractivity contribution in [1.29, 1.82) is 0 Å². The molecule has 22 heavy (non-hydrogen) atoms. The van der Waals surface area contributed by atoms with Crippen molar-refractivity contribution in [3.05, 3.63) is 6.92 Å². The molecule has 0 nitrogen and oxygen atoms in total. The van der Waals surface area contributed by atoms with E-state index in [4.69, 9.17) is 0 Å². The van der Waals surface area contributed by atoms with E-state index >= 15 is 0 Å². The van der Waals surface area contributed by atoms with Gasteiger partial charge in [0.15, 0.2) is 0 Å². The molecule has 0 bridgehead atoms. The molecule has 0 saturated heterocycles. The molecule has 0 rings (SSSR count). The first kappa shape index (κ1) is 22.0. The lowest BCUT2D eigenvalue weighted by molar-refractivity contribution is 0.382. The minimum Gasteiger partial charge on any atom is -0.0654 e. The second-order valence-electron chi connectivity index (χ2n) is 7.33. The normalized spacial score (nSPS) is 12.7. The molecule has 1 unspecified atom stereocenters. The highest BCUT2D eigenvalue weighted by atomic mass is 14.1. The Morgan fingerprint density at radius 1 is 0.500 bits per heavy atom. The molecule has 0 aliphatic carbocycles. The van der Waals surface area contributed by atoms with Crippen molar-refractivity contribution in [2.45, 2.75) is 129 Å². The van der Waals surface area contributed by atoms with E-state index in [9.17, 15) is 0 Å². The molecule has 0 saturated carbocycles. The Hall–Kier alpha value is 0. The van der Waals surface area contributed by atoms with Gasteiger partial charge in [0.2, 0.25) is 0 Å². The van der Waals surface area contributed by atoms with Gasteiger partial charge in [0.05, 0.1) is 0 Å². The van der Waals surface area contributed by atoms with E-state index in [1.807, 2.05) is 0 Å². The van der Waals surface area contributed by atoms with Gasteiger partial charge in [-0.15, -0.1) is 0 Å². The first-order valence-electron chi connectivity index (χ1n) is 10.6. The average Bonchev–Trinajstić information content (AvgIpc) is 2.53. The molecular weight excluding hydrogens is 264 g/mol. The predicted octanol–water partition coefficient (Wildman–Crippen LogP) is 8.50. The van der Waals surface area contributed by atoms with E-state index in [2.05, 4.69) is 20.8 Å². The molecule has 0 heteroatoms. The van der Waals surface area contributed by atoms with Crippen molar-refractivity contribution in [2.75, 3.05) is 0 Å². The van der Waals surface area contributed by atoms with Gasteiger partial charge in [-0.2, -0.15) is 0 Å². The molecule has 0 aliphatic heterocycles. The summed E-state index contributed by atoms with van der Waals surface area (Å²) in [5.41, 5.74) is 0. The molecule has 1 radical (unpaired) electrons. The largest absolute Gasteiger partial charge is 0.0654 e. The van der Waals surface area contributed by atoms with E-state index in [0.717, 1.165) is 12.3 Å². The molecule has 0 aromatic carbocycles. The van der Waals surface area contributed by atoms with Gasteiger partial charge < -0.3 is 0 Å². The molecule has 0 aromatic rings. The second-order valence-corrected chi connectivity index (χ2v) is 7.33. The third-order valence-corrected chi connectivity index (χ3v) is 5.04. The lowest BCUT2D eigenvalue weighted by Gasteiger charge is -2.16. The van der Waals surface area contributed by atoms with Crippen LogP contribution in [0.25, 0.3) is 0 Å². The van der Waals surface area contributed by atoms with Crippen LogP contribution in [-0.4, -0.2) is 0 Å². The zero-order valence-corrected chi connectivity index (χ0v) is 16.0. The summed E-state index contributed by atoms with van der Waals surface area (Å²) in [5, 5.41) is 0. The van der Waals surface area contributed by atoms with Crippen molar-refractivity contribution in [1.82, 2.24) is 0 Å². The monoisotopic (exact) mass is 309 g/mol. The first-order chi connectivity index (χ1) is 10.8. The molecule has 133 valence electrons. The molecule has 1 atom stereocenters. The Kier molecular flexibility index (Phi) is 19.0. The number of hydrogen-bond donors (Lipinski definition) is 0. The highest BCUT2D eigenvalue weighted by Crippen LogP contribution is 2.23. The Morgan fingerprint density at radius 2 is 0.864 bits per heavy atom. The number of rotatable bonds is 18. The van der Waals surface area contributed by atoms with Crippen LogP contribution in [0.4, 0.5) is 0 Å². The lowest BCUT2D eigenvalue weighted by atomic mass is 9.90. The molecule has 0 fully saturated rings. The van der Waals surface area contributed by atoms with Crippen LogP contribution in [0.1, 0.15) is 129 Å². The minimum absolute atomic E-state index is 0.976. The Bertz CT molecular complexity index is 184. The fourth-order valence-electron chi connectivity index (χ4n) is 3.50. The van der Waals surface area contributed by atoms with Gasteiger partial charge in [0.25, 0.3) is 0 Å². The highest BCUT2D eigenvalue weighted by Gasteiger charge is 2.07. The van der Waals surface area contributed by atoms with Crippen LogP contribution in [0.5, 0.6) is 0 Å². The van der Waals surface area contributed by atoms with Crippen molar-refractivity contribution < 1.29 is 0 Å². The van der Waals surface area contributed by atoms with E-state index in [1.54, 1.807) is 0 Å². The molecule has 0 amide bonds. The molecule has 0 spiro atoms. The van der Waals surface area contributed by atoms with E-state index in [1.165, 1.54) is 109 Å². The zero-order chi connectivity index (χ0) is 16.3. The fourth-order valence-corrected chi connectivity index (χ4v) is 3.50. The fraction of sp³-hybridized carbons (Fsp3) is 0.955. The van der Waals surface area contributed by atoms with Crippen LogP contribution in [0.3, 0.4) is 0 Å². The van der Waals surface area contributed by atoms with E-state index < -0.39 is 0 Å². The van der Waals surface area contributed by atoms with Gasteiger partial charge in [-0.05, 0) is 5.92 Å². The van der Waals surface area contributed by atoms with Crippen molar-refractivity contribution in [2.24, 2.45) is 5.92 Å². The molecule has 0 heterocycles. The summed E-state index contributed by atoms with van der Waals surface area (Å²) in [7, 11) is 0. The first-order valence-corrected chi connectivity index (χ1v) is 10.6. The standard InChI is InChI=1S/C22H45/c1-4-7-9-11-12-13-14-16-18-21-22(19-6-3)20-17-15-10-8-5-2/h22H,3-21H2,1-2H3. The maximum Gasteiger partial charge on any atom is -0.0414 e. The molecule has 0 N–H and O–H groups in total. The summed E-state index contributed by atoms with van der Waals surface area (Å²) in [4.78, 5) is 0. The smallest absolute Gasteiger partial charge is 0.0414 e. The number of hydrogen-bond acceptors (Lipinski definition) is 0. The molecule has 0 aromatic heterocycles. The summed E-state index contributed by atoms with van der Waals surface area (Å²) < 4.78 is 0. The van der Waals surface area contributed by atoms with Gasteiger partial charge in [-0.25, -0.2) is 0 Å². The van der Waals surface area contributed by atoms with Crippen LogP contribution >= 0.6 is 0 Å². The van der Waals surface area contributed by atoms with Gasteiger partial charge in [-0.3, -0.25) is 0 Å².